The molecule has 3 aromatic rings. The van der Waals surface area contributed by atoms with Gasteiger partial charge < -0.3 is 24.7 Å². The molecule has 2 atom stereocenters. The lowest BCUT2D eigenvalue weighted by atomic mass is 10.0. The first kappa shape index (κ1) is 22.3. The van der Waals surface area contributed by atoms with Gasteiger partial charge in [-0.05, 0) is 54.1 Å². The first-order chi connectivity index (χ1) is 14.9. The summed E-state index contributed by atoms with van der Waals surface area (Å²) < 4.78 is 11.0. The predicted octanol–water partition coefficient (Wildman–Crippen LogP) is 3.24. The number of ether oxygens (including phenoxy) is 1. The van der Waals surface area contributed by atoms with Gasteiger partial charge in [-0.3, -0.25) is 14.9 Å². The SMILES string of the molecule is O=C(NC(CO)C(O)c1ccc([N+](=O)[O-])cc1)c1ccc(COc2ccc(Cl)cc2)o1. The largest absolute Gasteiger partial charge is 0.486 e. The monoisotopic (exact) mass is 446 g/mol. The van der Waals surface area contributed by atoms with E-state index in [0.717, 1.165) is 0 Å². The molecule has 1 amide bonds. The van der Waals surface area contributed by atoms with E-state index in [1.807, 2.05) is 0 Å². The van der Waals surface area contributed by atoms with Crippen molar-refractivity contribution < 1.29 is 29.1 Å². The molecule has 0 bridgehead atoms. The van der Waals surface area contributed by atoms with Crippen molar-refractivity contribution in [3.8, 4) is 5.75 Å². The summed E-state index contributed by atoms with van der Waals surface area (Å²) in [6.45, 7) is -0.471. The minimum Gasteiger partial charge on any atom is -0.486 e. The zero-order chi connectivity index (χ0) is 22.4. The topological polar surface area (TPSA) is 135 Å². The number of hydrogen-bond donors (Lipinski definition) is 3. The summed E-state index contributed by atoms with van der Waals surface area (Å²) in [5, 5.41) is 33.8. The molecular weight excluding hydrogens is 428 g/mol. The van der Waals surface area contributed by atoms with E-state index in [9.17, 15) is 25.1 Å². The zero-order valence-corrected chi connectivity index (χ0v) is 16.9. The van der Waals surface area contributed by atoms with Gasteiger partial charge in [0, 0.05) is 17.2 Å². The number of nitrogens with one attached hydrogen (secondary N) is 1. The molecule has 31 heavy (non-hydrogen) atoms. The van der Waals surface area contributed by atoms with E-state index in [0.29, 0.717) is 22.1 Å². The lowest BCUT2D eigenvalue weighted by molar-refractivity contribution is -0.384. The molecule has 3 N–H and O–H groups in total. The van der Waals surface area contributed by atoms with Crippen molar-refractivity contribution in [1.82, 2.24) is 5.32 Å². The number of furan rings is 1. The third kappa shape index (κ3) is 5.82. The van der Waals surface area contributed by atoms with Gasteiger partial charge in [0.2, 0.25) is 0 Å². The van der Waals surface area contributed by atoms with Crippen molar-refractivity contribution in [2.45, 2.75) is 18.8 Å². The van der Waals surface area contributed by atoms with Crippen LogP contribution in [0.25, 0.3) is 0 Å². The van der Waals surface area contributed by atoms with Gasteiger partial charge >= 0.3 is 0 Å². The van der Waals surface area contributed by atoms with Gasteiger partial charge in [0.1, 0.15) is 24.2 Å². The maximum Gasteiger partial charge on any atom is 0.287 e. The summed E-state index contributed by atoms with van der Waals surface area (Å²) in [5.41, 5.74) is 0.172. The molecule has 2 unspecified atom stereocenters. The fourth-order valence-corrected chi connectivity index (χ4v) is 2.88. The molecule has 0 fully saturated rings. The standard InChI is InChI=1S/C21H19ClN2O7/c22-14-3-7-16(8-4-14)30-12-17-9-10-19(31-17)21(27)23-18(11-25)20(26)13-1-5-15(6-2-13)24(28)29/h1-10,18,20,25-26H,11-12H2,(H,23,27). The van der Waals surface area contributed by atoms with Gasteiger partial charge in [0.25, 0.3) is 11.6 Å². The highest BCUT2D eigenvalue weighted by molar-refractivity contribution is 6.30. The Morgan fingerprint density at radius 2 is 1.81 bits per heavy atom. The molecule has 0 aliphatic rings. The van der Waals surface area contributed by atoms with Gasteiger partial charge in [0.15, 0.2) is 5.76 Å². The van der Waals surface area contributed by atoms with Crippen molar-refractivity contribution in [3.05, 3.63) is 92.9 Å². The number of rotatable bonds is 9. The van der Waals surface area contributed by atoms with E-state index in [4.69, 9.17) is 20.8 Å². The molecule has 10 heteroatoms. The molecule has 0 aliphatic carbocycles. The summed E-state index contributed by atoms with van der Waals surface area (Å²) in [7, 11) is 0. The first-order valence-corrected chi connectivity index (χ1v) is 9.56. The maximum absolute atomic E-state index is 12.4. The van der Waals surface area contributed by atoms with Crippen molar-refractivity contribution in [2.24, 2.45) is 0 Å². The van der Waals surface area contributed by atoms with Gasteiger partial charge in [-0.15, -0.1) is 0 Å². The average Bonchev–Trinajstić information content (AvgIpc) is 3.26. The van der Waals surface area contributed by atoms with E-state index >= 15 is 0 Å². The van der Waals surface area contributed by atoms with Crippen LogP contribution in [0.2, 0.25) is 5.02 Å². The normalized spacial score (nSPS) is 12.7. The minimum atomic E-state index is -1.28. The second kappa shape index (κ2) is 10.1. The number of amides is 1. The number of nitrogens with zero attached hydrogens (tertiary/aromatic N) is 1. The number of carbonyl (C=O) groups is 1. The molecule has 9 nitrogen and oxygen atoms in total. The van der Waals surface area contributed by atoms with Gasteiger partial charge in [-0.25, -0.2) is 0 Å². The number of aliphatic hydroxyl groups is 2. The summed E-state index contributed by atoms with van der Waals surface area (Å²) in [6, 6.07) is 13.9. The molecule has 0 radical (unpaired) electrons. The Kier molecular flexibility index (Phi) is 7.24. The molecule has 1 heterocycles. The maximum atomic E-state index is 12.4. The molecule has 0 aliphatic heterocycles. The number of benzene rings is 2. The summed E-state index contributed by atoms with van der Waals surface area (Å²) in [5.74, 6) is 0.316. The second-order valence-electron chi connectivity index (χ2n) is 6.56. The Bertz CT molecular complexity index is 1030. The van der Waals surface area contributed by atoms with Gasteiger partial charge in [-0.1, -0.05) is 11.6 Å². The van der Waals surface area contributed by atoms with E-state index in [1.165, 1.54) is 30.3 Å². The Morgan fingerprint density at radius 3 is 2.42 bits per heavy atom. The van der Waals surface area contributed by atoms with Crippen molar-refractivity contribution in [2.75, 3.05) is 6.61 Å². The third-order valence-electron chi connectivity index (χ3n) is 4.42. The van der Waals surface area contributed by atoms with Crippen LogP contribution < -0.4 is 10.1 Å². The predicted molar refractivity (Wildman–Crippen MR) is 111 cm³/mol. The average molecular weight is 447 g/mol. The minimum absolute atomic E-state index is 0.0240. The highest BCUT2D eigenvalue weighted by Gasteiger charge is 2.24. The lowest BCUT2D eigenvalue weighted by Crippen LogP contribution is -2.41. The van der Waals surface area contributed by atoms with Crippen LogP contribution in [0.4, 0.5) is 5.69 Å². The van der Waals surface area contributed by atoms with Crippen LogP contribution in [0.5, 0.6) is 5.75 Å². The Labute approximate surface area is 182 Å². The molecular formula is C21H19ClN2O7. The van der Waals surface area contributed by atoms with E-state index in [1.54, 1.807) is 30.3 Å². The van der Waals surface area contributed by atoms with Crippen LogP contribution in [0.1, 0.15) is 28.0 Å². The second-order valence-corrected chi connectivity index (χ2v) is 7.00. The molecule has 0 spiro atoms. The Balaban J connectivity index is 1.60. The number of nitro benzene ring substituents is 1. The quantitative estimate of drug-likeness (QED) is 0.339. The van der Waals surface area contributed by atoms with Gasteiger partial charge in [0.05, 0.1) is 17.6 Å². The van der Waals surface area contributed by atoms with Crippen molar-refractivity contribution in [1.29, 1.82) is 0 Å². The van der Waals surface area contributed by atoms with Crippen LogP contribution >= 0.6 is 11.6 Å². The van der Waals surface area contributed by atoms with Crippen LogP contribution in [0.3, 0.4) is 0 Å². The highest BCUT2D eigenvalue weighted by Crippen LogP contribution is 2.21. The number of non-ortho nitro benzene ring substituents is 1. The van der Waals surface area contributed by atoms with Gasteiger partial charge in [-0.2, -0.15) is 0 Å². The Morgan fingerprint density at radius 1 is 1.13 bits per heavy atom. The number of halogens is 1. The number of hydrogen-bond acceptors (Lipinski definition) is 7. The van der Waals surface area contributed by atoms with Crippen LogP contribution in [0.15, 0.2) is 65.1 Å². The van der Waals surface area contributed by atoms with Crippen LogP contribution in [-0.2, 0) is 6.61 Å². The smallest absolute Gasteiger partial charge is 0.287 e. The molecule has 162 valence electrons. The molecule has 3 rings (SSSR count). The van der Waals surface area contributed by atoms with Crippen LogP contribution in [-0.4, -0.2) is 33.7 Å². The van der Waals surface area contributed by atoms with Crippen molar-refractivity contribution >= 4 is 23.2 Å². The summed E-state index contributed by atoms with van der Waals surface area (Å²) in [4.78, 5) is 22.6. The highest BCUT2D eigenvalue weighted by atomic mass is 35.5. The summed E-state index contributed by atoms with van der Waals surface area (Å²) >= 11 is 5.82. The molecule has 0 saturated heterocycles. The number of carbonyl (C=O) groups excluding carboxylic acids is 1. The number of aliphatic hydroxyl groups excluding tert-OH is 2. The molecule has 2 aromatic carbocycles. The third-order valence-corrected chi connectivity index (χ3v) is 4.67. The fourth-order valence-electron chi connectivity index (χ4n) is 2.75. The van der Waals surface area contributed by atoms with E-state index in [-0.39, 0.29) is 18.1 Å². The summed E-state index contributed by atoms with van der Waals surface area (Å²) in [6.07, 6.45) is -1.28. The Hall–Kier alpha value is -3.40. The van der Waals surface area contributed by atoms with E-state index < -0.39 is 29.6 Å². The van der Waals surface area contributed by atoms with Crippen LogP contribution in [0, 0.1) is 10.1 Å². The lowest BCUT2D eigenvalue weighted by Gasteiger charge is -2.22. The molecule has 1 aromatic heterocycles. The number of nitro groups is 1. The first-order valence-electron chi connectivity index (χ1n) is 9.18. The van der Waals surface area contributed by atoms with Crippen molar-refractivity contribution in [3.63, 3.8) is 0 Å². The molecule has 0 saturated carbocycles. The van der Waals surface area contributed by atoms with E-state index in [2.05, 4.69) is 5.32 Å². The zero-order valence-electron chi connectivity index (χ0n) is 16.1. The fraction of sp³-hybridized carbons (Fsp3) is 0.190.